The molecule has 1 aromatic carbocycles. The average Bonchev–Trinajstić information content (AvgIpc) is 2.46. The molecule has 0 N–H and O–H groups in total. The fraction of sp³-hybridized carbons (Fsp3) is 0.182. The molecule has 0 amide bonds. The summed E-state index contributed by atoms with van der Waals surface area (Å²) in [6, 6.07) is 6.02. The van der Waals surface area contributed by atoms with Crippen molar-refractivity contribution in [2.75, 3.05) is 0 Å². The predicted molar refractivity (Wildman–Crippen MR) is 53.0 cm³/mol. The fourth-order valence-corrected chi connectivity index (χ4v) is 1.57. The summed E-state index contributed by atoms with van der Waals surface area (Å²) >= 11 is 0. The second-order valence-electron chi connectivity index (χ2n) is 3.31. The van der Waals surface area contributed by atoms with Crippen LogP contribution in [0.1, 0.15) is 15.9 Å². The van der Waals surface area contributed by atoms with E-state index in [4.69, 9.17) is 0 Å². The largest absolute Gasteiger partial charge is 0.351 e. The topological polar surface area (TPSA) is 22.0 Å². The van der Waals surface area contributed by atoms with Gasteiger partial charge in [0, 0.05) is 24.3 Å². The van der Waals surface area contributed by atoms with Gasteiger partial charge < -0.3 is 4.57 Å². The van der Waals surface area contributed by atoms with Gasteiger partial charge in [0.1, 0.15) is 6.29 Å². The van der Waals surface area contributed by atoms with Gasteiger partial charge >= 0.3 is 0 Å². The quantitative estimate of drug-likeness (QED) is 0.606. The van der Waals surface area contributed by atoms with E-state index in [0.717, 1.165) is 22.9 Å². The van der Waals surface area contributed by atoms with E-state index in [0.29, 0.717) is 0 Å². The minimum atomic E-state index is 0.773. The van der Waals surface area contributed by atoms with E-state index in [9.17, 15) is 4.79 Å². The predicted octanol–water partition coefficient (Wildman–Crippen LogP) is 2.30. The van der Waals surface area contributed by atoms with E-state index < -0.39 is 0 Å². The zero-order chi connectivity index (χ0) is 9.42. The molecule has 0 unspecified atom stereocenters. The molecule has 0 radical (unpaired) electrons. The molecule has 1 aromatic heterocycles. The third kappa shape index (κ3) is 1.15. The van der Waals surface area contributed by atoms with Crippen molar-refractivity contribution < 1.29 is 4.79 Å². The lowest BCUT2D eigenvalue weighted by Gasteiger charge is -2.00. The Morgan fingerprint density at radius 1 is 1.38 bits per heavy atom. The van der Waals surface area contributed by atoms with Crippen LogP contribution in [0.3, 0.4) is 0 Å². The van der Waals surface area contributed by atoms with Crippen molar-refractivity contribution in [1.29, 1.82) is 0 Å². The lowest BCUT2D eigenvalue weighted by molar-refractivity contribution is 0.112. The molecule has 13 heavy (non-hydrogen) atoms. The third-order valence-corrected chi connectivity index (χ3v) is 2.40. The summed E-state index contributed by atoms with van der Waals surface area (Å²) in [5, 5.41) is 1.19. The molecule has 0 atom stereocenters. The maximum Gasteiger partial charge on any atom is 0.150 e. The van der Waals surface area contributed by atoms with Gasteiger partial charge in [0.05, 0.1) is 0 Å². The molecule has 0 spiro atoms. The highest BCUT2D eigenvalue weighted by atomic mass is 16.1. The summed E-state index contributed by atoms with van der Waals surface area (Å²) < 4.78 is 2.02. The molecule has 0 saturated heterocycles. The van der Waals surface area contributed by atoms with Crippen LogP contribution in [0.15, 0.2) is 24.4 Å². The SMILES string of the molecule is Cc1cc2ccn(C)c2cc1C=O. The second kappa shape index (κ2) is 2.73. The molecule has 0 saturated carbocycles. The Bertz CT molecular complexity index is 468. The molecule has 0 aliphatic carbocycles. The molecule has 0 aliphatic rings. The van der Waals surface area contributed by atoms with Crippen molar-refractivity contribution in [2.24, 2.45) is 7.05 Å². The van der Waals surface area contributed by atoms with Crippen molar-refractivity contribution in [3.8, 4) is 0 Å². The van der Waals surface area contributed by atoms with Crippen LogP contribution in [0.5, 0.6) is 0 Å². The number of hydrogen-bond acceptors (Lipinski definition) is 1. The van der Waals surface area contributed by atoms with Gasteiger partial charge in [-0.3, -0.25) is 4.79 Å². The smallest absolute Gasteiger partial charge is 0.150 e. The van der Waals surface area contributed by atoms with Crippen LogP contribution in [0.2, 0.25) is 0 Å². The number of aldehydes is 1. The molecular weight excluding hydrogens is 162 g/mol. The molecule has 0 bridgehead atoms. The minimum absolute atomic E-state index is 0.773. The lowest BCUT2D eigenvalue weighted by Crippen LogP contribution is -1.89. The van der Waals surface area contributed by atoms with Crippen LogP contribution in [-0.4, -0.2) is 10.9 Å². The van der Waals surface area contributed by atoms with Gasteiger partial charge in [-0.05, 0) is 36.1 Å². The number of carbonyl (C=O) groups is 1. The zero-order valence-corrected chi connectivity index (χ0v) is 7.74. The van der Waals surface area contributed by atoms with Gasteiger partial charge in [-0.2, -0.15) is 0 Å². The maximum absolute atomic E-state index is 10.7. The monoisotopic (exact) mass is 173 g/mol. The van der Waals surface area contributed by atoms with Gasteiger partial charge in [0.25, 0.3) is 0 Å². The average molecular weight is 173 g/mol. The van der Waals surface area contributed by atoms with Crippen molar-refractivity contribution in [2.45, 2.75) is 6.92 Å². The highest BCUT2D eigenvalue weighted by Gasteiger charge is 2.02. The van der Waals surface area contributed by atoms with Crippen LogP contribution in [-0.2, 0) is 7.05 Å². The number of benzene rings is 1. The maximum atomic E-state index is 10.7. The standard InChI is InChI=1S/C11H11NO/c1-8-5-9-3-4-12(2)11(9)6-10(8)7-13/h3-7H,1-2H3. The summed E-state index contributed by atoms with van der Waals surface area (Å²) in [6.07, 6.45) is 2.90. The number of aryl methyl sites for hydroxylation is 2. The van der Waals surface area contributed by atoms with Gasteiger partial charge in [0.2, 0.25) is 0 Å². The Morgan fingerprint density at radius 3 is 2.85 bits per heavy atom. The molecule has 1 heterocycles. The van der Waals surface area contributed by atoms with E-state index in [1.54, 1.807) is 0 Å². The lowest BCUT2D eigenvalue weighted by atomic mass is 10.1. The Labute approximate surface area is 76.8 Å². The Morgan fingerprint density at radius 2 is 2.15 bits per heavy atom. The summed E-state index contributed by atoms with van der Waals surface area (Å²) in [5.74, 6) is 0. The van der Waals surface area contributed by atoms with Gasteiger partial charge in [-0.1, -0.05) is 0 Å². The van der Waals surface area contributed by atoms with Crippen LogP contribution in [0.25, 0.3) is 10.9 Å². The highest BCUT2D eigenvalue weighted by molar-refractivity contribution is 5.89. The number of aromatic nitrogens is 1. The first-order valence-corrected chi connectivity index (χ1v) is 4.23. The number of carbonyl (C=O) groups excluding carboxylic acids is 1. The van der Waals surface area contributed by atoms with Crippen LogP contribution in [0, 0.1) is 6.92 Å². The van der Waals surface area contributed by atoms with E-state index in [1.165, 1.54) is 5.39 Å². The van der Waals surface area contributed by atoms with Gasteiger partial charge in [-0.15, -0.1) is 0 Å². The minimum Gasteiger partial charge on any atom is -0.351 e. The number of rotatable bonds is 1. The number of fused-ring (bicyclic) bond motifs is 1. The van der Waals surface area contributed by atoms with Crippen molar-refractivity contribution in [3.05, 3.63) is 35.5 Å². The summed E-state index contributed by atoms with van der Waals surface area (Å²) in [5.41, 5.74) is 2.91. The van der Waals surface area contributed by atoms with Crippen LogP contribution >= 0.6 is 0 Å². The molecular formula is C11H11NO. The first-order chi connectivity index (χ1) is 6.22. The third-order valence-electron chi connectivity index (χ3n) is 2.40. The van der Waals surface area contributed by atoms with Gasteiger partial charge in [-0.25, -0.2) is 0 Å². The molecule has 0 fully saturated rings. The number of nitrogens with zero attached hydrogens (tertiary/aromatic N) is 1. The molecule has 0 aliphatic heterocycles. The zero-order valence-electron chi connectivity index (χ0n) is 7.74. The Kier molecular flexibility index (Phi) is 1.69. The first kappa shape index (κ1) is 8.05. The second-order valence-corrected chi connectivity index (χ2v) is 3.31. The molecule has 66 valence electrons. The van der Waals surface area contributed by atoms with Crippen molar-refractivity contribution in [1.82, 2.24) is 4.57 Å². The van der Waals surface area contributed by atoms with E-state index >= 15 is 0 Å². The molecule has 2 nitrogen and oxygen atoms in total. The molecule has 2 aromatic rings. The summed E-state index contributed by atoms with van der Waals surface area (Å²) in [6.45, 7) is 1.95. The fourth-order valence-electron chi connectivity index (χ4n) is 1.57. The number of hydrogen-bond donors (Lipinski definition) is 0. The van der Waals surface area contributed by atoms with E-state index in [1.807, 2.05) is 36.9 Å². The Hall–Kier alpha value is -1.57. The summed E-state index contributed by atoms with van der Waals surface area (Å²) in [7, 11) is 1.98. The van der Waals surface area contributed by atoms with Crippen LogP contribution < -0.4 is 0 Å². The highest BCUT2D eigenvalue weighted by Crippen LogP contribution is 2.18. The van der Waals surface area contributed by atoms with Gasteiger partial charge in [0.15, 0.2) is 0 Å². The van der Waals surface area contributed by atoms with E-state index in [2.05, 4.69) is 6.07 Å². The summed E-state index contributed by atoms with van der Waals surface area (Å²) in [4.78, 5) is 10.7. The van der Waals surface area contributed by atoms with Crippen LogP contribution in [0.4, 0.5) is 0 Å². The van der Waals surface area contributed by atoms with E-state index in [-0.39, 0.29) is 0 Å². The normalized spacial score (nSPS) is 10.6. The molecule has 2 heteroatoms. The first-order valence-electron chi connectivity index (χ1n) is 4.23. The Balaban J connectivity index is 2.84. The van der Waals surface area contributed by atoms with Crippen molar-refractivity contribution in [3.63, 3.8) is 0 Å². The molecule has 2 rings (SSSR count). The van der Waals surface area contributed by atoms with Crippen molar-refractivity contribution >= 4 is 17.2 Å².